The van der Waals surface area contributed by atoms with E-state index in [-0.39, 0.29) is 28.6 Å². The number of halogens is 4. The number of rotatable bonds is 5. The van der Waals surface area contributed by atoms with Crippen molar-refractivity contribution >= 4 is 27.5 Å². The Morgan fingerprint density at radius 2 is 1.83 bits per heavy atom. The van der Waals surface area contributed by atoms with Crippen molar-refractivity contribution in [2.45, 2.75) is 38.5 Å². The van der Waals surface area contributed by atoms with E-state index in [1.165, 1.54) is 17.0 Å². The first-order chi connectivity index (χ1) is 22.1. The van der Waals surface area contributed by atoms with Crippen LogP contribution in [-0.4, -0.2) is 51.7 Å². The molecule has 1 atom stereocenters. The summed E-state index contributed by atoms with van der Waals surface area (Å²) in [5.74, 6) is -0.155. The lowest BCUT2D eigenvalue weighted by Crippen LogP contribution is -2.46. The minimum Gasteiger partial charge on any atom is -0.330 e. The van der Waals surface area contributed by atoms with E-state index < -0.39 is 23.7 Å². The van der Waals surface area contributed by atoms with Crippen LogP contribution in [0.25, 0.3) is 22.7 Å². The van der Waals surface area contributed by atoms with Crippen molar-refractivity contribution in [2.75, 3.05) is 0 Å². The Morgan fingerprint density at radius 3 is 2.52 bits per heavy atom. The number of aromatic nitrogens is 7. The first-order valence-electron chi connectivity index (χ1n) is 14.3. The Kier molecular flexibility index (Phi) is 7.31. The number of hydrogen-bond donors (Lipinski definition) is 1. The molecule has 1 N–H and O–H groups in total. The monoisotopic (exact) mass is 688 g/mol. The fourth-order valence-electron chi connectivity index (χ4n) is 5.92. The van der Waals surface area contributed by atoms with Crippen LogP contribution in [0.3, 0.4) is 0 Å². The molecule has 0 aliphatic carbocycles. The number of carbonyl (C=O) groups is 1. The van der Waals surface area contributed by atoms with Gasteiger partial charge in [-0.2, -0.15) is 23.5 Å². The fraction of sp³-hybridized carbons (Fsp3) is 0.188. The van der Waals surface area contributed by atoms with Crippen LogP contribution in [0.4, 0.5) is 13.2 Å². The third-order valence-electron chi connectivity index (χ3n) is 8.19. The van der Waals surface area contributed by atoms with Gasteiger partial charge in [0.1, 0.15) is 5.65 Å². The zero-order chi connectivity index (χ0) is 32.2. The molecule has 6 aromatic rings. The molecule has 0 spiro atoms. The number of carbonyl (C=O) groups excluding carboxylic acids is 1. The highest BCUT2D eigenvalue weighted by molar-refractivity contribution is 9.10. The maximum absolute atomic E-state index is 14.4. The molecule has 0 unspecified atom stereocenters. The van der Waals surface area contributed by atoms with Crippen molar-refractivity contribution in [3.05, 3.63) is 127 Å². The molecule has 3 aromatic carbocycles. The molecule has 0 bridgehead atoms. The van der Waals surface area contributed by atoms with Gasteiger partial charge in [0.15, 0.2) is 0 Å². The average molecular weight is 689 g/mol. The number of H-pyrrole nitrogens is 1. The molecule has 1 amide bonds. The van der Waals surface area contributed by atoms with Crippen LogP contribution < -0.4 is 5.56 Å². The zero-order valence-corrected chi connectivity index (χ0v) is 25.7. The number of benzene rings is 3. The van der Waals surface area contributed by atoms with Crippen molar-refractivity contribution in [2.24, 2.45) is 0 Å². The van der Waals surface area contributed by atoms with E-state index in [1.807, 2.05) is 30.3 Å². The Hall–Kier alpha value is -5.11. The van der Waals surface area contributed by atoms with Gasteiger partial charge >= 0.3 is 6.18 Å². The molecule has 0 saturated heterocycles. The van der Waals surface area contributed by atoms with Gasteiger partial charge in [-0.15, -0.1) is 10.2 Å². The summed E-state index contributed by atoms with van der Waals surface area (Å²) >= 11 is 2.94. The molecule has 3 aromatic heterocycles. The lowest BCUT2D eigenvalue weighted by molar-refractivity contribution is -0.138. The molecule has 0 radical (unpaired) electrons. The largest absolute Gasteiger partial charge is 0.417 e. The average Bonchev–Trinajstić information content (AvgIpc) is 3.73. The molecule has 10 nitrogen and oxygen atoms in total. The van der Waals surface area contributed by atoms with Crippen LogP contribution in [0.15, 0.2) is 88.3 Å². The predicted molar refractivity (Wildman–Crippen MR) is 165 cm³/mol. The van der Waals surface area contributed by atoms with Gasteiger partial charge in [0, 0.05) is 39.2 Å². The molecule has 232 valence electrons. The smallest absolute Gasteiger partial charge is 0.330 e. The van der Waals surface area contributed by atoms with Gasteiger partial charge in [-0.05, 0) is 66.6 Å². The summed E-state index contributed by atoms with van der Waals surface area (Å²) in [5, 5.41) is 18.8. The van der Waals surface area contributed by atoms with Crippen molar-refractivity contribution < 1.29 is 18.0 Å². The van der Waals surface area contributed by atoms with Gasteiger partial charge in [-0.3, -0.25) is 14.2 Å². The van der Waals surface area contributed by atoms with E-state index >= 15 is 0 Å². The van der Waals surface area contributed by atoms with Crippen molar-refractivity contribution in [1.29, 1.82) is 0 Å². The topological polar surface area (TPSA) is 114 Å². The number of alkyl halides is 3. The fourth-order valence-corrected chi connectivity index (χ4v) is 6.39. The maximum Gasteiger partial charge on any atom is 0.417 e. The molecular weight excluding hydrogens is 665 g/mol. The highest BCUT2D eigenvalue weighted by Gasteiger charge is 2.36. The van der Waals surface area contributed by atoms with Gasteiger partial charge in [0.05, 0.1) is 29.7 Å². The summed E-state index contributed by atoms with van der Waals surface area (Å²) in [6.07, 6.45) is -2.25. The van der Waals surface area contributed by atoms with Gasteiger partial charge < -0.3 is 4.90 Å². The summed E-state index contributed by atoms with van der Waals surface area (Å²) in [5.41, 5.74) is 3.35. The zero-order valence-electron chi connectivity index (χ0n) is 24.2. The summed E-state index contributed by atoms with van der Waals surface area (Å²) in [6, 6.07) is 19.9. The lowest BCUT2D eigenvalue weighted by atomic mass is 9.97. The normalized spacial score (nSPS) is 14.9. The number of nitrogens with zero attached hydrogens (tertiary/aromatic N) is 7. The quantitative estimate of drug-likeness (QED) is 0.251. The number of nitrogens with one attached hydrogen (secondary N) is 1. The van der Waals surface area contributed by atoms with Crippen molar-refractivity contribution in [1.82, 2.24) is 39.7 Å². The second-order valence-corrected chi connectivity index (χ2v) is 11.9. The summed E-state index contributed by atoms with van der Waals surface area (Å²) in [6.45, 7) is 1.77. The van der Waals surface area contributed by atoms with E-state index in [2.05, 4.69) is 36.6 Å². The first kappa shape index (κ1) is 29.6. The predicted octanol–water partition coefficient (Wildman–Crippen LogP) is 5.62. The van der Waals surface area contributed by atoms with Crippen molar-refractivity contribution in [3.63, 3.8) is 0 Å². The third-order valence-corrected chi connectivity index (χ3v) is 8.88. The Balaban J connectivity index is 1.35. The lowest BCUT2D eigenvalue weighted by Gasteiger charge is -2.35. The minimum absolute atomic E-state index is 0.0114. The van der Waals surface area contributed by atoms with Crippen LogP contribution in [0, 0.1) is 0 Å². The van der Waals surface area contributed by atoms with E-state index in [0.717, 1.165) is 17.2 Å². The number of amides is 1. The van der Waals surface area contributed by atoms with Crippen LogP contribution >= 0.6 is 15.9 Å². The third kappa shape index (κ3) is 5.17. The molecule has 7 rings (SSSR count). The highest BCUT2D eigenvalue weighted by atomic mass is 79.9. The Morgan fingerprint density at radius 1 is 1.07 bits per heavy atom. The summed E-state index contributed by atoms with van der Waals surface area (Å²) < 4.78 is 44.1. The standard InChI is InChI=1S/C32H24BrF3N8O2/c1-18-13-24-27(17-42(18)30(45)21-9-12-26(33)25(15-21)32(34,35)36)44-29(22(16-37-44)14-19-5-3-2-4-6-19)43(31(24)46)23-10-7-20(8-11-23)28-38-40-41-39-28/h2-12,15-16,18H,13-14,17H2,1H3,(H,38,39,40,41)/t18-/m0/s1. The van der Waals surface area contributed by atoms with Crippen LogP contribution in [0.1, 0.15) is 45.2 Å². The SMILES string of the molecule is C[C@H]1Cc2c(n3ncc(Cc4ccccc4)c3n(-c3ccc(-c4nn[nH]n4)cc3)c2=O)CN1C(=O)c1ccc(Br)c(C(F)(F)F)c1. The molecule has 4 heterocycles. The van der Waals surface area contributed by atoms with E-state index in [1.54, 1.807) is 46.5 Å². The summed E-state index contributed by atoms with van der Waals surface area (Å²) in [4.78, 5) is 29.6. The van der Waals surface area contributed by atoms with Crippen molar-refractivity contribution in [3.8, 4) is 17.1 Å². The van der Waals surface area contributed by atoms with Gasteiger partial charge in [0.2, 0.25) is 5.82 Å². The van der Waals surface area contributed by atoms with Gasteiger partial charge in [-0.1, -0.05) is 46.3 Å². The number of aromatic amines is 1. The first-order valence-corrected chi connectivity index (χ1v) is 15.1. The second-order valence-electron chi connectivity index (χ2n) is 11.1. The number of tetrazole rings is 1. The van der Waals surface area contributed by atoms with Crippen LogP contribution in [-0.2, 0) is 25.6 Å². The molecule has 1 aliphatic rings. The van der Waals surface area contributed by atoms with Crippen LogP contribution in [0.2, 0.25) is 0 Å². The van der Waals surface area contributed by atoms with E-state index in [9.17, 15) is 22.8 Å². The molecule has 0 fully saturated rings. The molecular formula is C32H24BrF3N8O2. The summed E-state index contributed by atoms with van der Waals surface area (Å²) in [7, 11) is 0. The molecule has 0 saturated carbocycles. The van der Waals surface area contributed by atoms with E-state index in [0.29, 0.717) is 40.4 Å². The number of hydrogen-bond acceptors (Lipinski definition) is 6. The Labute approximate surface area is 267 Å². The van der Waals surface area contributed by atoms with Gasteiger partial charge in [0.25, 0.3) is 11.5 Å². The minimum atomic E-state index is -4.64. The highest BCUT2D eigenvalue weighted by Crippen LogP contribution is 2.36. The second kappa shape index (κ2) is 11.4. The molecule has 1 aliphatic heterocycles. The molecule has 46 heavy (non-hydrogen) atoms. The van der Waals surface area contributed by atoms with E-state index in [4.69, 9.17) is 5.10 Å². The van der Waals surface area contributed by atoms with Gasteiger partial charge in [-0.25, -0.2) is 4.52 Å². The molecule has 14 heteroatoms. The number of fused-ring (bicyclic) bond motifs is 3. The Bertz CT molecular complexity index is 2140. The maximum atomic E-state index is 14.4. The van der Waals surface area contributed by atoms with Crippen LogP contribution in [0.5, 0.6) is 0 Å².